The summed E-state index contributed by atoms with van der Waals surface area (Å²) in [6.07, 6.45) is 7.59. The molecule has 6 nitrogen and oxygen atoms in total. The Labute approximate surface area is 213 Å². The van der Waals surface area contributed by atoms with Crippen LogP contribution in [0.1, 0.15) is 73.6 Å². The number of methoxy groups -OCH3 is 1. The topological polar surface area (TPSA) is 101 Å². The number of fused-ring (bicyclic) bond motifs is 7. The first kappa shape index (κ1) is 25.2. The smallest absolute Gasteiger partial charge is 0.319 e. The third kappa shape index (κ3) is 2.74. The molecule has 0 aromatic heterocycles. The van der Waals surface area contributed by atoms with Crippen LogP contribution in [0.25, 0.3) is 0 Å². The highest BCUT2D eigenvalue weighted by Crippen LogP contribution is 2.75. The number of Topliss-reactive ketones (excluding diaryl/α,β-unsaturated/α-hetero) is 1. The largest absolute Gasteiger partial charge is 0.504 e. The molecular weight excluding hydrogens is 456 g/mol. The minimum Gasteiger partial charge on any atom is -0.504 e. The number of rotatable bonds is 1. The number of hydrogen-bond acceptors (Lipinski definition) is 6. The van der Waals surface area contributed by atoms with E-state index in [2.05, 4.69) is 33.8 Å². The first-order valence-corrected chi connectivity index (χ1v) is 13.0. The van der Waals surface area contributed by atoms with Gasteiger partial charge in [-0.25, -0.2) is 0 Å². The van der Waals surface area contributed by atoms with Gasteiger partial charge in [-0.3, -0.25) is 14.4 Å². The first-order chi connectivity index (χ1) is 16.6. The van der Waals surface area contributed by atoms with Crippen molar-refractivity contribution in [1.82, 2.24) is 0 Å². The van der Waals surface area contributed by atoms with Crippen LogP contribution in [0.5, 0.6) is 0 Å². The fraction of sp³-hybridized carbons (Fsp3) is 0.633. The van der Waals surface area contributed by atoms with E-state index in [9.17, 15) is 24.6 Å². The third-order valence-corrected chi connectivity index (χ3v) is 11.4. The summed E-state index contributed by atoms with van der Waals surface area (Å²) < 4.78 is 5.09. The minimum atomic E-state index is -1.20. The van der Waals surface area contributed by atoms with Crippen LogP contribution in [-0.2, 0) is 19.1 Å². The maximum absolute atomic E-state index is 13.3. The molecule has 0 aliphatic heterocycles. The highest BCUT2D eigenvalue weighted by molar-refractivity contribution is 6.06. The molecule has 7 atom stereocenters. The summed E-state index contributed by atoms with van der Waals surface area (Å²) in [6, 6.07) is 0. The summed E-state index contributed by atoms with van der Waals surface area (Å²) in [7, 11) is 1.33. The molecule has 0 aromatic rings. The predicted octanol–water partition coefficient (Wildman–Crippen LogP) is 4.94. The molecule has 0 unspecified atom stereocenters. The van der Waals surface area contributed by atoms with Crippen molar-refractivity contribution in [2.45, 2.75) is 79.8 Å². The molecule has 5 aliphatic rings. The standard InChI is InChI=1S/C30H38O6/c1-16-17-8-9-20-27(3,18(17)12-19(31)24(16)34)10-11-29(5)21-13-28(4,25(35)36-7)22(32)14-26(21,2)15-23(33)30(20,29)6/h8-9,12,21,23,33-34H,10-11,13-15H2,1-7H3/t21-,23+,26-,27+,28+,29+,30+/m1/s1. The van der Waals surface area contributed by atoms with E-state index in [0.717, 1.165) is 29.6 Å². The van der Waals surface area contributed by atoms with E-state index in [1.807, 2.05) is 6.08 Å². The number of aliphatic hydroxyl groups is 2. The predicted molar refractivity (Wildman–Crippen MR) is 135 cm³/mol. The summed E-state index contributed by atoms with van der Waals surface area (Å²) in [5.41, 5.74) is 0.343. The van der Waals surface area contributed by atoms with Crippen LogP contribution >= 0.6 is 0 Å². The lowest BCUT2D eigenvalue weighted by molar-refractivity contribution is -0.211. The molecule has 0 radical (unpaired) electrons. The summed E-state index contributed by atoms with van der Waals surface area (Å²) in [6.45, 7) is 12.1. The summed E-state index contributed by atoms with van der Waals surface area (Å²) in [5.74, 6) is -1.16. The van der Waals surface area contributed by atoms with E-state index in [1.165, 1.54) is 7.11 Å². The van der Waals surface area contributed by atoms with Gasteiger partial charge in [0.15, 0.2) is 5.76 Å². The van der Waals surface area contributed by atoms with Crippen LogP contribution in [0.2, 0.25) is 0 Å². The summed E-state index contributed by atoms with van der Waals surface area (Å²) in [4.78, 5) is 38.8. The van der Waals surface area contributed by atoms with Crippen molar-refractivity contribution in [1.29, 1.82) is 0 Å². The number of aliphatic hydroxyl groups excluding tert-OH is 2. The van der Waals surface area contributed by atoms with Gasteiger partial charge in [0.1, 0.15) is 11.2 Å². The number of allylic oxidation sites excluding steroid dienone is 6. The number of carbonyl (C=O) groups excluding carboxylic acids is 3. The molecule has 0 heterocycles. The number of ether oxygens (including phenoxy) is 1. The maximum Gasteiger partial charge on any atom is 0.319 e. The average molecular weight is 495 g/mol. The second kappa shape index (κ2) is 7.31. The fourth-order valence-corrected chi connectivity index (χ4v) is 8.88. The van der Waals surface area contributed by atoms with Gasteiger partial charge in [-0.15, -0.1) is 0 Å². The Morgan fingerprint density at radius 1 is 1.06 bits per heavy atom. The normalized spacial score (nSPS) is 45.9. The van der Waals surface area contributed by atoms with E-state index in [4.69, 9.17) is 4.74 Å². The van der Waals surface area contributed by atoms with Gasteiger partial charge in [-0.1, -0.05) is 45.4 Å². The molecular formula is C30H38O6. The Kier molecular flexibility index (Phi) is 5.11. The van der Waals surface area contributed by atoms with E-state index >= 15 is 0 Å². The van der Waals surface area contributed by atoms with Gasteiger partial charge in [0.05, 0.1) is 13.2 Å². The van der Waals surface area contributed by atoms with Crippen molar-refractivity contribution in [2.24, 2.45) is 33.0 Å². The van der Waals surface area contributed by atoms with Crippen molar-refractivity contribution in [2.75, 3.05) is 7.11 Å². The van der Waals surface area contributed by atoms with Crippen molar-refractivity contribution in [3.8, 4) is 0 Å². The molecule has 0 amide bonds. The van der Waals surface area contributed by atoms with Crippen LogP contribution < -0.4 is 0 Å². The zero-order chi connectivity index (χ0) is 26.6. The van der Waals surface area contributed by atoms with Gasteiger partial charge in [-0.2, -0.15) is 0 Å². The van der Waals surface area contributed by atoms with Gasteiger partial charge in [0, 0.05) is 22.8 Å². The zero-order valence-corrected chi connectivity index (χ0v) is 22.4. The minimum absolute atomic E-state index is 0.0173. The van der Waals surface area contributed by atoms with Gasteiger partial charge in [0.2, 0.25) is 5.78 Å². The monoisotopic (exact) mass is 494 g/mol. The number of ketones is 2. The average Bonchev–Trinajstić information content (AvgIpc) is 2.81. The number of esters is 1. The lowest BCUT2D eigenvalue weighted by Gasteiger charge is -2.70. The summed E-state index contributed by atoms with van der Waals surface area (Å²) >= 11 is 0. The van der Waals surface area contributed by atoms with Crippen molar-refractivity contribution in [3.63, 3.8) is 0 Å². The lowest BCUT2D eigenvalue weighted by Crippen LogP contribution is -2.68. The molecule has 0 saturated heterocycles. The number of hydrogen-bond donors (Lipinski definition) is 2. The molecule has 5 aliphatic carbocycles. The molecule has 6 heteroatoms. The highest BCUT2D eigenvalue weighted by Gasteiger charge is 2.71. The molecule has 194 valence electrons. The Bertz CT molecular complexity index is 1230. The Morgan fingerprint density at radius 3 is 2.36 bits per heavy atom. The van der Waals surface area contributed by atoms with Crippen molar-refractivity contribution in [3.05, 3.63) is 46.3 Å². The van der Waals surface area contributed by atoms with Gasteiger partial charge in [-0.05, 0) is 73.5 Å². The maximum atomic E-state index is 13.3. The van der Waals surface area contributed by atoms with Gasteiger partial charge < -0.3 is 14.9 Å². The number of carbonyl (C=O) groups is 3. The molecule has 5 rings (SSSR count). The Hall–Kier alpha value is -2.47. The van der Waals surface area contributed by atoms with E-state index in [0.29, 0.717) is 18.4 Å². The van der Waals surface area contributed by atoms with Crippen LogP contribution in [0.4, 0.5) is 0 Å². The van der Waals surface area contributed by atoms with E-state index < -0.39 is 39.1 Å². The van der Waals surface area contributed by atoms with Gasteiger partial charge >= 0.3 is 5.97 Å². The second-order valence-corrected chi connectivity index (χ2v) is 13.1. The lowest BCUT2D eigenvalue weighted by atomic mass is 9.33. The third-order valence-electron chi connectivity index (χ3n) is 11.4. The first-order valence-electron chi connectivity index (χ1n) is 13.0. The Morgan fingerprint density at radius 2 is 1.72 bits per heavy atom. The fourth-order valence-electron chi connectivity index (χ4n) is 8.88. The Balaban J connectivity index is 1.68. The quantitative estimate of drug-likeness (QED) is 0.396. The van der Waals surface area contributed by atoms with E-state index in [1.54, 1.807) is 19.9 Å². The van der Waals surface area contributed by atoms with Gasteiger partial charge in [0.25, 0.3) is 0 Å². The molecule has 0 spiro atoms. The van der Waals surface area contributed by atoms with Crippen molar-refractivity contribution < 1.29 is 29.3 Å². The molecule has 3 fully saturated rings. The SMILES string of the molecule is COC(=O)[C@@]1(C)C[C@@H]2[C@](C)(CC1=O)C[C@H](O)[C@]1(C)C3=CC=C4C(=CC(=O)C(O)=C4C)[C@]3(C)CC[C@@]21C. The second-order valence-electron chi connectivity index (χ2n) is 13.1. The summed E-state index contributed by atoms with van der Waals surface area (Å²) in [5, 5.41) is 22.2. The van der Waals surface area contributed by atoms with Crippen LogP contribution in [0.15, 0.2) is 46.3 Å². The van der Waals surface area contributed by atoms with Crippen LogP contribution in [0, 0.1) is 33.0 Å². The van der Waals surface area contributed by atoms with E-state index in [-0.39, 0.29) is 29.7 Å². The van der Waals surface area contributed by atoms with Crippen LogP contribution in [0.3, 0.4) is 0 Å². The highest BCUT2D eigenvalue weighted by atomic mass is 16.5. The molecule has 0 aromatic carbocycles. The molecule has 36 heavy (non-hydrogen) atoms. The molecule has 2 N–H and O–H groups in total. The van der Waals surface area contributed by atoms with Crippen LogP contribution in [-0.4, -0.2) is 41.0 Å². The van der Waals surface area contributed by atoms with Crippen molar-refractivity contribution >= 4 is 17.5 Å². The molecule has 3 saturated carbocycles. The zero-order valence-electron chi connectivity index (χ0n) is 22.4. The molecule has 0 bridgehead atoms.